The van der Waals surface area contributed by atoms with Gasteiger partial charge in [0.2, 0.25) is 0 Å². The molecule has 0 aliphatic rings. The average molecular weight is 213 g/mol. The molecule has 1 heteroatoms. The zero-order chi connectivity index (χ0) is 8.27. The molecule has 0 saturated heterocycles. The van der Waals surface area contributed by atoms with Gasteiger partial charge in [-0.25, -0.2) is 0 Å². The van der Waals surface area contributed by atoms with E-state index in [1.54, 1.807) is 0 Å². The fraction of sp³-hybridized carbons (Fsp3) is 0.400. The lowest BCUT2D eigenvalue weighted by Crippen LogP contribution is -1.93. The summed E-state index contributed by atoms with van der Waals surface area (Å²) in [5.41, 5.74) is 2.76. The molecule has 0 aliphatic carbocycles. The van der Waals surface area contributed by atoms with E-state index in [1.165, 1.54) is 11.1 Å². The van der Waals surface area contributed by atoms with Crippen molar-refractivity contribution in [2.75, 3.05) is 5.33 Å². The topological polar surface area (TPSA) is 0 Å². The van der Waals surface area contributed by atoms with Crippen LogP contribution in [0.1, 0.15) is 24.0 Å². The van der Waals surface area contributed by atoms with E-state index < -0.39 is 0 Å². The lowest BCUT2D eigenvalue weighted by atomic mass is 10.0. The van der Waals surface area contributed by atoms with Crippen LogP contribution in [0.4, 0.5) is 0 Å². The zero-order valence-corrected chi connectivity index (χ0v) is 8.56. The lowest BCUT2D eigenvalue weighted by Gasteiger charge is -2.07. The molecule has 1 aromatic rings. The highest BCUT2D eigenvalue weighted by Gasteiger charge is 2.01. The normalized spacial score (nSPS) is 13.0. The number of benzene rings is 1. The molecule has 1 unspecified atom stereocenters. The Bertz CT molecular complexity index is 230. The van der Waals surface area contributed by atoms with E-state index in [9.17, 15) is 0 Å². The maximum absolute atomic E-state index is 3.48. The zero-order valence-electron chi connectivity index (χ0n) is 6.97. The van der Waals surface area contributed by atoms with Gasteiger partial charge in [-0.2, -0.15) is 0 Å². The molecule has 60 valence electrons. The predicted octanol–water partition coefficient (Wildman–Crippen LogP) is 3.49. The van der Waals surface area contributed by atoms with E-state index in [4.69, 9.17) is 0 Å². The second kappa shape index (κ2) is 3.91. The van der Waals surface area contributed by atoms with E-state index in [0.717, 1.165) is 5.33 Å². The fourth-order valence-electron chi connectivity index (χ4n) is 1.07. The minimum atomic E-state index is 0.620. The Morgan fingerprint density at radius 2 is 2.18 bits per heavy atom. The molecule has 1 aromatic carbocycles. The molecular weight excluding hydrogens is 200 g/mol. The first-order valence-electron chi connectivity index (χ1n) is 3.86. The molecule has 0 saturated carbocycles. The third-order valence-corrected chi connectivity index (χ3v) is 2.81. The van der Waals surface area contributed by atoms with E-state index in [0.29, 0.717) is 5.92 Å². The lowest BCUT2D eigenvalue weighted by molar-refractivity contribution is 0.886. The van der Waals surface area contributed by atoms with Crippen molar-refractivity contribution in [3.05, 3.63) is 35.4 Å². The summed E-state index contributed by atoms with van der Waals surface area (Å²) in [7, 11) is 0. The van der Waals surface area contributed by atoms with E-state index >= 15 is 0 Å². The molecular formula is C10H13Br. The summed E-state index contributed by atoms with van der Waals surface area (Å²) in [6.45, 7) is 4.36. The largest absolute Gasteiger partial charge is 0.0922 e. The highest BCUT2D eigenvalue weighted by atomic mass is 79.9. The molecule has 1 atom stereocenters. The Morgan fingerprint density at radius 3 is 2.73 bits per heavy atom. The third-order valence-electron chi connectivity index (χ3n) is 1.84. The third kappa shape index (κ3) is 2.33. The Morgan fingerprint density at radius 1 is 1.45 bits per heavy atom. The molecule has 0 amide bonds. The van der Waals surface area contributed by atoms with Crippen molar-refractivity contribution in [2.24, 2.45) is 0 Å². The minimum absolute atomic E-state index is 0.620. The van der Waals surface area contributed by atoms with Crippen LogP contribution in [0.25, 0.3) is 0 Å². The number of hydrogen-bond acceptors (Lipinski definition) is 0. The molecule has 0 nitrogen and oxygen atoms in total. The Labute approximate surface area is 76.8 Å². The van der Waals surface area contributed by atoms with Gasteiger partial charge in [-0.1, -0.05) is 52.7 Å². The molecule has 0 bridgehead atoms. The molecule has 0 aliphatic heterocycles. The maximum atomic E-state index is 3.48. The van der Waals surface area contributed by atoms with Crippen LogP contribution in [0.5, 0.6) is 0 Å². The van der Waals surface area contributed by atoms with Crippen molar-refractivity contribution in [2.45, 2.75) is 19.8 Å². The van der Waals surface area contributed by atoms with E-state index in [2.05, 4.69) is 54.0 Å². The number of aryl methyl sites for hydroxylation is 1. The molecule has 0 heterocycles. The van der Waals surface area contributed by atoms with Crippen molar-refractivity contribution in [1.82, 2.24) is 0 Å². The van der Waals surface area contributed by atoms with Crippen LogP contribution < -0.4 is 0 Å². The SMILES string of the molecule is Cc1cccc(C(C)CBr)c1. The monoisotopic (exact) mass is 212 g/mol. The van der Waals surface area contributed by atoms with Crippen LogP contribution in [-0.2, 0) is 0 Å². The minimum Gasteiger partial charge on any atom is -0.0922 e. The smallest absolute Gasteiger partial charge is 0.00975 e. The quantitative estimate of drug-likeness (QED) is 0.659. The Kier molecular flexibility index (Phi) is 3.13. The van der Waals surface area contributed by atoms with Gasteiger partial charge < -0.3 is 0 Å². The van der Waals surface area contributed by atoms with E-state index in [1.807, 2.05) is 0 Å². The van der Waals surface area contributed by atoms with Gasteiger partial charge >= 0.3 is 0 Å². The average Bonchev–Trinajstić information content (AvgIpc) is 2.03. The van der Waals surface area contributed by atoms with Crippen LogP contribution in [0, 0.1) is 6.92 Å². The summed E-state index contributed by atoms with van der Waals surface area (Å²) >= 11 is 3.48. The Hall–Kier alpha value is -0.300. The van der Waals surface area contributed by atoms with Crippen molar-refractivity contribution in [3.63, 3.8) is 0 Å². The van der Waals surface area contributed by atoms with Crippen LogP contribution in [0.15, 0.2) is 24.3 Å². The molecule has 0 N–H and O–H groups in total. The van der Waals surface area contributed by atoms with Crippen molar-refractivity contribution >= 4 is 15.9 Å². The van der Waals surface area contributed by atoms with Crippen LogP contribution in [0.2, 0.25) is 0 Å². The highest BCUT2D eigenvalue weighted by molar-refractivity contribution is 9.09. The first-order chi connectivity index (χ1) is 5.24. The number of rotatable bonds is 2. The standard InChI is InChI=1S/C10H13Br/c1-8-4-3-5-10(6-8)9(2)7-11/h3-6,9H,7H2,1-2H3. The van der Waals surface area contributed by atoms with Gasteiger partial charge in [0.25, 0.3) is 0 Å². The summed E-state index contributed by atoms with van der Waals surface area (Å²) < 4.78 is 0. The van der Waals surface area contributed by atoms with Gasteiger partial charge in [0.05, 0.1) is 0 Å². The second-order valence-electron chi connectivity index (χ2n) is 2.97. The summed E-state index contributed by atoms with van der Waals surface area (Å²) in [6.07, 6.45) is 0. The predicted molar refractivity (Wildman–Crippen MR) is 53.4 cm³/mol. The molecule has 0 spiro atoms. The fourth-order valence-corrected chi connectivity index (χ4v) is 1.44. The van der Waals surface area contributed by atoms with Gasteiger partial charge in [0.15, 0.2) is 0 Å². The Balaban J connectivity index is 2.86. The first-order valence-corrected chi connectivity index (χ1v) is 4.98. The van der Waals surface area contributed by atoms with Gasteiger partial charge in [-0.3, -0.25) is 0 Å². The number of halogens is 1. The van der Waals surface area contributed by atoms with Crippen molar-refractivity contribution in [1.29, 1.82) is 0 Å². The molecule has 1 rings (SSSR count). The summed E-state index contributed by atoms with van der Waals surface area (Å²) in [5.74, 6) is 0.620. The summed E-state index contributed by atoms with van der Waals surface area (Å²) in [6, 6.07) is 8.67. The second-order valence-corrected chi connectivity index (χ2v) is 3.62. The molecule has 0 aromatic heterocycles. The number of alkyl halides is 1. The van der Waals surface area contributed by atoms with E-state index in [-0.39, 0.29) is 0 Å². The van der Waals surface area contributed by atoms with Gasteiger partial charge in [0.1, 0.15) is 0 Å². The van der Waals surface area contributed by atoms with Gasteiger partial charge in [0, 0.05) is 5.33 Å². The van der Waals surface area contributed by atoms with Gasteiger partial charge in [-0.15, -0.1) is 0 Å². The van der Waals surface area contributed by atoms with Crippen LogP contribution >= 0.6 is 15.9 Å². The van der Waals surface area contributed by atoms with Crippen molar-refractivity contribution < 1.29 is 0 Å². The summed E-state index contributed by atoms with van der Waals surface area (Å²) in [4.78, 5) is 0. The molecule has 0 radical (unpaired) electrons. The van der Waals surface area contributed by atoms with Gasteiger partial charge in [-0.05, 0) is 18.4 Å². The van der Waals surface area contributed by atoms with Crippen LogP contribution in [-0.4, -0.2) is 5.33 Å². The highest BCUT2D eigenvalue weighted by Crippen LogP contribution is 2.17. The summed E-state index contributed by atoms with van der Waals surface area (Å²) in [5, 5.41) is 1.04. The van der Waals surface area contributed by atoms with Crippen LogP contribution in [0.3, 0.4) is 0 Å². The molecule has 11 heavy (non-hydrogen) atoms. The maximum Gasteiger partial charge on any atom is 0.00975 e. The molecule has 0 fully saturated rings. The first kappa shape index (κ1) is 8.79. The number of hydrogen-bond donors (Lipinski definition) is 0. The van der Waals surface area contributed by atoms with Crippen molar-refractivity contribution in [3.8, 4) is 0 Å².